The second kappa shape index (κ2) is 12.7. The number of fused-ring (bicyclic) bond motifs is 2. The van der Waals surface area contributed by atoms with E-state index in [4.69, 9.17) is 13.9 Å². The molecule has 0 aliphatic carbocycles. The SMILES string of the molecule is CCCCCCCOc1cc(SC)cc2c(=O)c3cc(C(=O)OCCCCC)ccc3oc12. The van der Waals surface area contributed by atoms with Crippen LogP contribution >= 0.6 is 11.8 Å². The molecule has 5 nitrogen and oxygen atoms in total. The topological polar surface area (TPSA) is 65.7 Å². The lowest BCUT2D eigenvalue weighted by atomic mass is 10.1. The van der Waals surface area contributed by atoms with Crippen LogP contribution in [0.15, 0.2) is 44.4 Å². The first-order valence-corrected chi connectivity index (χ1v) is 13.2. The molecule has 0 spiro atoms. The van der Waals surface area contributed by atoms with Crippen LogP contribution in [-0.2, 0) is 4.74 Å². The van der Waals surface area contributed by atoms with E-state index in [0.29, 0.717) is 46.5 Å². The molecule has 33 heavy (non-hydrogen) atoms. The summed E-state index contributed by atoms with van der Waals surface area (Å²) in [5.41, 5.74) is 1.07. The van der Waals surface area contributed by atoms with Crippen LogP contribution in [0.5, 0.6) is 5.75 Å². The van der Waals surface area contributed by atoms with Gasteiger partial charge in [-0.05, 0) is 49.4 Å². The third-order valence-corrected chi connectivity index (χ3v) is 6.37. The Morgan fingerprint density at radius 1 is 0.909 bits per heavy atom. The molecule has 0 fully saturated rings. The normalized spacial score (nSPS) is 11.2. The summed E-state index contributed by atoms with van der Waals surface area (Å²) < 4.78 is 17.5. The summed E-state index contributed by atoms with van der Waals surface area (Å²) in [6.45, 7) is 5.26. The molecule has 6 heteroatoms. The molecule has 1 heterocycles. The highest BCUT2D eigenvalue weighted by atomic mass is 32.2. The van der Waals surface area contributed by atoms with E-state index in [2.05, 4.69) is 13.8 Å². The van der Waals surface area contributed by atoms with E-state index in [9.17, 15) is 9.59 Å². The van der Waals surface area contributed by atoms with Gasteiger partial charge in [0.15, 0.2) is 11.3 Å². The Kier molecular flexibility index (Phi) is 9.67. The molecule has 0 saturated carbocycles. The summed E-state index contributed by atoms with van der Waals surface area (Å²) in [7, 11) is 0. The van der Waals surface area contributed by atoms with Gasteiger partial charge < -0.3 is 13.9 Å². The smallest absolute Gasteiger partial charge is 0.338 e. The van der Waals surface area contributed by atoms with E-state index in [1.54, 1.807) is 30.0 Å². The van der Waals surface area contributed by atoms with Crippen LogP contribution in [-0.4, -0.2) is 25.4 Å². The highest BCUT2D eigenvalue weighted by molar-refractivity contribution is 7.98. The van der Waals surface area contributed by atoms with Gasteiger partial charge in [-0.25, -0.2) is 4.79 Å². The van der Waals surface area contributed by atoms with Crippen molar-refractivity contribution in [3.63, 3.8) is 0 Å². The van der Waals surface area contributed by atoms with Crippen molar-refractivity contribution in [3.05, 3.63) is 46.1 Å². The van der Waals surface area contributed by atoms with Gasteiger partial charge in [0.05, 0.1) is 29.5 Å². The maximum atomic E-state index is 13.4. The van der Waals surface area contributed by atoms with Gasteiger partial charge in [0.25, 0.3) is 0 Å². The zero-order valence-corrected chi connectivity index (χ0v) is 20.7. The fourth-order valence-electron chi connectivity index (χ4n) is 3.74. The lowest BCUT2D eigenvalue weighted by Gasteiger charge is -2.11. The van der Waals surface area contributed by atoms with E-state index in [1.807, 2.05) is 18.4 Å². The van der Waals surface area contributed by atoms with Gasteiger partial charge in [-0.3, -0.25) is 4.79 Å². The molecule has 0 N–H and O–H groups in total. The summed E-state index contributed by atoms with van der Waals surface area (Å²) in [6.07, 6.45) is 10.6. The molecule has 0 unspecified atom stereocenters. The molecule has 2 aromatic carbocycles. The highest BCUT2D eigenvalue weighted by Gasteiger charge is 2.16. The van der Waals surface area contributed by atoms with E-state index >= 15 is 0 Å². The minimum atomic E-state index is -0.419. The first kappa shape index (κ1) is 25.2. The molecule has 3 aromatic rings. The van der Waals surface area contributed by atoms with Crippen molar-refractivity contribution in [3.8, 4) is 5.75 Å². The van der Waals surface area contributed by atoms with E-state index in [0.717, 1.165) is 37.0 Å². The third kappa shape index (κ3) is 6.53. The summed E-state index contributed by atoms with van der Waals surface area (Å²) in [4.78, 5) is 26.7. The minimum absolute atomic E-state index is 0.171. The number of hydrogen-bond donors (Lipinski definition) is 0. The number of thioether (sulfide) groups is 1. The number of carbonyl (C=O) groups is 1. The van der Waals surface area contributed by atoms with Gasteiger partial charge >= 0.3 is 5.97 Å². The summed E-state index contributed by atoms with van der Waals surface area (Å²) >= 11 is 1.55. The number of esters is 1. The molecule has 0 atom stereocenters. The van der Waals surface area contributed by atoms with Crippen LogP contribution in [0.2, 0.25) is 0 Å². The third-order valence-electron chi connectivity index (χ3n) is 5.67. The molecule has 3 rings (SSSR count). The van der Waals surface area contributed by atoms with Gasteiger partial charge in [0.1, 0.15) is 5.58 Å². The van der Waals surface area contributed by atoms with Crippen molar-refractivity contribution in [2.45, 2.75) is 70.1 Å². The number of hydrogen-bond acceptors (Lipinski definition) is 6. The van der Waals surface area contributed by atoms with E-state index < -0.39 is 5.97 Å². The Balaban J connectivity index is 1.89. The zero-order chi connectivity index (χ0) is 23.6. The highest BCUT2D eigenvalue weighted by Crippen LogP contribution is 2.32. The Morgan fingerprint density at radius 3 is 2.39 bits per heavy atom. The number of carbonyl (C=O) groups excluding carboxylic acids is 1. The number of benzene rings is 2. The maximum absolute atomic E-state index is 13.4. The molecule has 0 aliphatic heterocycles. The maximum Gasteiger partial charge on any atom is 0.338 e. The Bertz CT molecular complexity index is 1130. The van der Waals surface area contributed by atoms with Crippen LogP contribution in [0.25, 0.3) is 21.9 Å². The van der Waals surface area contributed by atoms with Crippen molar-refractivity contribution >= 4 is 39.7 Å². The van der Waals surface area contributed by atoms with Crippen LogP contribution < -0.4 is 10.2 Å². The summed E-state index contributed by atoms with van der Waals surface area (Å²) in [6, 6.07) is 8.63. The lowest BCUT2D eigenvalue weighted by molar-refractivity contribution is 0.0498. The Labute approximate surface area is 199 Å². The van der Waals surface area contributed by atoms with Crippen LogP contribution in [0.4, 0.5) is 0 Å². The lowest BCUT2D eigenvalue weighted by Crippen LogP contribution is -2.09. The fourth-order valence-corrected chi connectivity index (χ4v) is 4.20. The van der Waals surface area contributed by atoms with Gasteiger partial charge in [0.2, 0.25) is 5.43 Å². The number of unbranched alkanes of at least 4 members (excludes halogenated alkanes) is 6. The van der Waals surface area contributed by atoms with E-state index in [1.165, 1.54) is 19.3 Å². The molecular formula is C27H34O5S. The van der Waals surface area contributed by atoms with Crippen LogP contribution in [0, 0.1) is 0 Å². The minimum Gasteiger partial charge on any atom is -0.490 e. The standard InChI is InChI=1S/C27H34O5S/c1-4-6-8-9-11-14-30-24-18-20(33-3)17-22-25(28)21-16-19(12-13-23(21)32-26(22)24)27(29)31-15-10-7-5-2/h12-13,16-18H,4-11,14-15H2,1-3H3. The monoisotopic (exact) mass is 470 g/mol. The molecule has 0 amide bonds. The van der Waals surface area contributed by atoms with Gasteiger partial charge in [-0.15, -0.1) is 11.8 Å². The molecular weight excluding hydrogens is 436 g/mol. The molecule has 0 bridgehead atoms. The van der Waals surface area contributed by atoms with E-state index in [-0.39, 0.29) is 5.43 Å². The van der Waals surface area contributed by atoms with Gasteiger partial charge in [-0.2, -0.15) is 0 Å². The number of ether oxygens (including phenoxy) is 2. The van der Waals surface area contributed by atoms with Crippen molar-refractivity contribution in [2.75, 3.05) is 19.5 Å². The first-order chi connectivity index (χ1) is 16.1. The largest absolute Gasteiger partial charge is 0.490 e. The fraction of sp³-hybridized carbons (Fsp3) is 0.481. The molecule has 178 valence electrons. The molecule has 0 radical (unpaired) electrons. The average Bonchev–Trinajstić information content (AvgIpc) is 2.84. The quantitative estimate of drug-likeness (QED) is 0.112. The molecule has 0 saturated heterocycles. The second-order valence-electron chi connectivity index (χ2n) is 8.25. The van der Waals surface area contributed by atoms with Crippen molar-refractivity contribution in [2.24, 2.45) is 0 Å². The van der Waals surface area contributed by atoms with Crippen molar-refractivity contribution < 1.29 is 18.7 Å². The predicted octanol–water partition coefficient (Wildman–Crippen LogP) is 7.36. The molecule has 0 aliphatic rings. The second-order valence-corrected chi connectivity index (χ2v) is 9.13. The Hall–Kier alpha value is -2.47. The van der Waals surface area contributed by atoms with Crippen LogP contribution in [0.3, 0.4) is 0 Å². The zero-order valence-electron chi connectivity index (χ0n) is 19.9. The summed E-state index contributed by atoms with van der Waals surface area (Å²) in [5, 5.41) is 0.832. The Morgan fingerprint density at radius 2 is 1.64 bits per heavy atom. The van der Waals surface area contributed by atoms with Crippen molar-refractivity contribution in [1.82, 2.24) is 0 Å². The molecule has 1 aromatic heterocycles. The summed E-state index contributed by atoms with van der Waals surface area (Å²) in [5.74, 6) is 0.170. The van der Waals surface area contributed by atoms with Gasteiger partial charge in [-0.1, -0.05) is 52.4 Å². The average molecular weight is 471 g/mol. The predicted molar refractivity (Wildman–Crippen MR) is 136 cm³/mol. The first-order valence-electron chi connectivity index (χ1n) is 12.0. The number of rotatable bonds is 13. The van der Waals surface area contributed by atoms with Crippen molar-refractivity contribution in [1.29, 1.82) is 0 Å². The van der Waals surface area contributed by atoms with Gasteiger partial charge in [0, 0.05) is 4.90 Å². The van der Waals surface area contributed by atoms with Crippen LogP contribution in [0.1, 0.15) is 75.6 Å².